The van der Waals surface area contributed by atoms with Crippen LogP contribution < -0.4 is 4.74 Å². The number of methoxy groups -OCH3 is 1. The van der Waals surface area contributed by atoms with E-state index < -0.39 is 0 Å². The Morgan fingerprint density at radius 2 is 1.86 bits per heavy atom. The standard InChI is InChI=1S/C22H27N5O2/c1-22(2,3)27-21(23-24-25-27)20(16-9-10-18(28)19(13-16)29-4)26-12-11-15-7-5-6-8-17(15)14-26/h5-10,13,20,28H,11-12,14H2,1-4H3. The third kappa shape index (κ3) is 3.70. The molecule has 0 spiro atoms. The van der Waals surface area contributed by atoms with Crippen molar-refractivity contribution in [2.24, 2.45) is 0 Å². The molecule has 1 N–H and O–H groups in total. The number of rotatable bonds is 4. The largest absolute Gasteiger partial charge is 0.504 e. The number of aromatic hydroxyl groups is 1. The molecule has 0 aliphatic carbocycles. The van der Waals surface area contributed by atoms with Gasteiger partial charge in [0.2, 0.25) is 0 Å². The minimum absolute atomic E-state index is 0.120. The quantitative estimate of drug-likeness (QED) is 0.733. The van der Waals surface area contributed by atoms with Gasteiger partial charge in [0.05, 0.1) is 18.7 Å². The lowest BCUT2D eigenvalue weighted by Gasteiger charge is -2.36. The first kappa shape index (κ1) is 19.4. The molecule has 1 aliphatic rings. The average molecular weight is 393 g/mol. The van der Waals surface area contributed by atoms with Gasteiger partial charge in [0, 0.05) is 13.1 Å². The molecule has 7 nitrogen and oxygen atoms in total. The highest BCUT2D eigenvalue weighted by Crippen LogP contribution is 2.37. The van der Waals surface area contributed by atoms with Gasteiger partial charge in [0.25, 0.3) is 0 Å². The molecule has 7 heteroatoms. The highest BCUT2D eigenvalue weighted by atomic mass is 16.5. The smallest absolute Gasteiger partial charge is 0.173 e. The Morgan fingerprint density at radius 1 is 1.10 bits per heavy atom. The molecule has 2 aromatic carbocycles. The fourth-order valence-electron chi connectivity index (χ4n) is 3.97. The molecule has 0 saturated heterocycles. The Kier molecular flexibility index (Phi) is 5.00. The van der Waals surface area contributed by atoms with E-state index in [4.69, 9.17) is 4.74 Å². The summed E-state index contributed by atoms with van der Waals surface area (Å²) in [5, 5.41) is 22.8. The van der Waals surface area contributed by atoms with Crippen LogP contribution in [0, 0.1) is 0 Å². The predicted molar refractivity (Wildman–Crippen MR) is 110 cm³/mol. The van der Waals surface area contributed by atoms with Crippen molar-refractivity contribution < 1.29 is 9.84 Å². The van der Waals surface area contributed by atoms with E-state index >= 15 is 0 Å². The van der Waals surface area contributed by atoms with Gasteiger partial charge in [-0.05, 0) is 66.4 Å². The third-order valence-corrected chi connectivity index (χ3v) is 5.42. The van der Waals surface area contributed by atoms with Crippen LogP contribution in [0.1, 0.15) is 49.3 Å². The van der Waals surface area contributed by atoms with Crippen LogP contribution in [0.2, 0.25) is 0 Å². The first-order valence-corrected chi connectivity index (χ1v) is 9.85. The maximum absolute atomic E-state index is 10.1. The normalized spacial score (nSPS) is 15.7. The van der Waals surface area contributed by atoms with E-state index in [1.165, 1.54) is 11.1 Å². The van der Waals surface area contributed by atoms with E-state index in [1.807, 2.05) is 16.8 Å². The SMILES string of the molecule is COc1cc(C(c2nnnn2C(C)(C)C)N2CCc3ccccc3C2)ccc1O. The van der Waals surface area contributed by atoms with Gasteiger partial charge < -0.3 is 9.84 Å². The van der Waals surface area contributed by atoms with E-state index in [1.54, 1.807) is 13.2 Å². The number of ether oxygens (including phenoxy) is 1. The van der Waals surface area contributed by atoms with Gasteiger partial charge in [0.1, 0.15) is 0 Å². The fraction of sp³-hybridized carbons (Fsp3) is 0.409. The van der Waals surface area contributed by atoms with Crippen LogP contribution in [-0.4, -0.2) is 43.9 Å². The predicted octanol–water partition coefficient (Wildman–Crippen LogP) is 3.29. The van der Waals surface area contributed by atoms with Gasteiger partial charge in [0.15, 0.2) is 17.3 Å². The summed E-state index contributed by atoms with van der Waals surface area (Å²) in [4.78, 5) is 2.39. The molecule has 0 saturated carbocycles. The minimum Gasteiger partial charge on any atom is -0.504 e. The Morgan fingerprint density at radius 3 is 2.59 bits per heavy atom. The van der Waals surface area contributed by atoms with Crippen LogP contribution in [-0.2, 0) is 18.5 Å². The second kappa shape index (κ2) is 7.48. The monoisotopic (exact) mass is 393 g/mol. The topological polar surface area (TPSA) is 76.3 Å². The molecule has 0 bridgehead atoms. The zero-order chi connectivity index (χ0) is 20.6. The van der Waals surface area contributed by atoms with Gasteiger partial charge in [-0.2, -0.15) is 0 Å². The molecule has 1 unspecified atom stereocenters. The Bertz CT molecular complexity index is 1010. The zero-order valence-electron chi connectivity index (χ0n) is 17.3. The van der Waals surface area contributed by atoms with Crippen LogP contribution in [0.5, 0.6) is 11.5 Å². The summed E-state index contributed by atoms with van der Waals surface area (Å²) in [6.45, 7) is 7.97. The van der Waals surface area contributed by atoms with Crippen LogP contribution in [0.4, 0.5) is 0 Å². The summed E-state index contributed by atoms with van der Waals surface area (Å²) < 4.78 is 7.25. The molecule has 1 atom stereocenters. The number of phenolic OH excluding ortho intramolecular Hbond substituents is 1. The number of hydrogen-bond donors (Lipinski definition) is 1. The van der Waals surface area contributed by atoms with E-state index in [0.717, 1.165) is 30.9 Å². The second-order valence-corrected chi connectivity index (χ2v) is 8.44. The van der Waals surface area contributed by atoms with E-state index in [0.29, 0.717) is 5.75 Å². The molecule has 152 valence electrons. The summed E-state index contributed by atoms with van der Waals surface area (Å²) in [6.07, 6.45) is 0.971. The van der Waals surface area contributed by atoms with Gasteiger partial charge in [-0.3, -0.25) is 4.90 Å². The summed E-state index contributed by atoms with van der Waals surface area (Å²) in [7, 11) is 1.56. The zero-order valence-corrected chi connectivity index (χ0v) is 17.3. The highest BCUT2D eigenvalue weighted by molar-refractivity contribution is 5.44. The number of phenols is 1. The van der Waals surface area contributed by atoms with Crippen LogP contribution in [0.25, 0.3) is 0 Å². The van der Waals surface area contributed by atoms with Gasteiger partial charge in [-0.15, -0.1) is 5.10 Å². The lowest BCUT2D eigenvalue weighted by Crippen LogP contribution is -2.38. The van der Waals surface area contributed by atoms with Crippen molar-refractivity contribution in [2.75, 3.05) is 13.7 Å². The molecule has 29 heavy (non-hydrogen) atoms. The summed E-state index contributed by atoms with van der Waals surface area (Å²) in [5.41, 5.74) is 3.44. The second-order valence-electron chi connectivity index (χ2n) is 8.44. The number of aromatic nitrogens is 4. The van der Waals surface area contributed by atoms with Crippen molar-refractivity contribution in [3.63, 3.8) is 0 Å². The van der Waals surface area contributed by atoms with Gasteiger partial charge in [-0.1, -0.05) is 30.3 Å². The number of nitrogens with zero attached hydrogens (tertiary/aromatic N) is 5. The Hall–Kier alpha value is -2.93. The number of benzene rings is 2. The van der Waals surface area contributed by atoms with Crippen molar-refractivity contribution in [1.82, 2.24) is 25.1 Å². The van der Waals surface area contributed by atoms with Crippen LogP contribution in [0.3, 0.4) is 0 Å². The van der Waals surface area contributed by atoms with E-state index in [-0.39, 0.29) is 17.3 Å². The first-order valence-electron chi connectivity index (χ1n) is 9.85. The average Bonchev–Trinajstić information content (AvgIpc) is 3.19. The van der Waals surface area contributed by atoms with E-state index in [9.17, 15) is 5.11 Å². The maximum Gasteiger partial charge on any atom is 0.173 e. The maximum atomic E-state index is 10.1. The summed E-state index contributed by atoms with van der Waals surface area (Å²) >= 11 is 0. The van der Waals surface area contributed by atoms with E-state index in [2.05, 4.69) is 65.5 Å². The van der Waals surface area contributed by atoms with Crippen molar-refractivity contribution in [3.8, 4) is 11.5 Å². The first-order chi connectivity index (χ1) is 13.9. The van der Waals surface area contributed by atoms with Crippen molar-refractivity contribution in [3.05, 3.63) is 65.0 Å². The van der Waals surface area contributed by atoms with Gasteiger partial charge in [-0.25, -0.2) is 4.68 Å². The molecular weight excluding hydrogens is 366 g/mol. The highest BCUT2D eigenvalue weighted by Gasteiger charge is 2.33. The van der Waals surface area contributed by atoms with Crippen molar-refractivity contribution in [1.29, 1.82) is 0 Å². The molecular formula is C22H27N5O2. The Labute approximate surface area is 170 Å². The minimum atomic E-state index is -0.258. The molecule has 1 aromatic heterocycles. The fourth-order valence-corrected chi connectivity index (χ4v) is 3.97. The summed E-state index contributed by atoms with van der Waals surface area (Å²) in [6, 6.07) is 13.9. The number of hydrogen-bond acceptors (Lipinski definition) is 6. The molecule has 0 amide bonds. The van der Waals surface area contributed by atoms with Gasteiger partial charge >= 0.3 is 0 Å². The summed E-state index contributed by atoms with van der Waals surface area (Å²) in [5.74, 6) is 1.35. The molecule has 1 aliphatic heterocycles. The molecule has 2 heterocycles. The Balaban J connectivity index is 1.82. The molecule has 3 aromatic rings. The van der Waals surface area contributed by atoms with Crippen LogP contribution in [0.15, 0.2) is 42.5 Å². The number of fused-ring (bicyclic) bond motifs is 1. The van der Waals surface area contributed by atoms with Crippen molar-refractivity contribution >= 4 is 0 Å². The molecule has 4 rings (SSSR count). The van der Waals surface area contributed by atoms with Crippen molar-refractivity contribution in [2.45, 2.75) is 45.3 Å². The molecule has 0 radical (unpaired) electrons. The number of tetrazole rings is 1. The lowest BCUT2D eigenvalue weighted by molar-refractivity contribution is 0.185. The van der Waals surface area contributed by atoms with Crippen LogP contribution >= 0.6 is 0 Å². The molecule has 0 fully saturated rings. The third-order valence-electron chi connectivity index (χ3n) is 5.42. The lowest BCUT2D eigenvalue weighted by atomic mass is 9.95.